The fraction of sp³-hybridized carbons (Fsp3) is 0.250. The van der Waals surface area contributed by atoms with Gasteiger partial charge in [-0.2, -0.15) is 0 Å². The second-order valence-corrected chi connectivity index (χ2v) is 5.05. The number of amides is 1. The zero-order chi connectivity index (χ0) is 18.4. The maximum Gasteiger partial charge on any atom is 0.337 e. The molecule has 0 radical (unpaired) electrons. The Morgan fingerprint density at radius 3 is 2.68 bits per heavy atom. The summed E-state index contributed by atoms with van der Waals surface area (Å²) in [4.78, 5) is 35.4. The number of rotatable bonds is 7. The molecule has 0 fully saturated rings. The Morgan fingerprint density at radius 2 is 2.08 bits per heavy atom. The summed E-state index contributed by atoms with van der Waals surface area (Å²) in [6.07, 6.45) is 1.49. The van der Waals surface area contributed by atoms with Crippen LogP contribution >= 0.6 is 0 Å². The second kappa shape index (κ2) is 7.95. The number of nitro benzene ring substituents is 1. The molecule has 0 aliphatic carbocycles. The number of carbonyl (C=O) groups excluding carboxylic acids is 2. The first-order valence-corrected chi connectivity index (χ1v) is 7.18. The van der Waals surface area contributed by atoms with Crippen LogP contribution in [0.2, 0.25) is 0 Å². The van der Waals surface area contributed by atoms with Crippen molar-refractivity contribution < 1.29 is 28.4 Å². The lowest BCUT2D eigenvalue weighted by Gasteiger charge is -2.16. The van der Waals surface area contributed by atoms with Gasteiger partial charge in [0, 0.05) is 19.2 Å². The molecule has 1 aromatic carbocycles. The van der Waals surface area contributed by atoms with Gasteiger partial charge >= 0.3 is 11.7 Å². The fourth-order valence-electron chi connectivity index (χ4n) is 2.00. The summed E-state index contributed by atoms with van der Waals surface area (Å²) in [6.45, 7) is -0.192. The minimum absolute atomic E-state index is 0.0829. The van der Waals surface area contributed by atoms with Crippen LogP contribution < -0.4 is 4.74 Å². The van der Waals surface area contributed by atoms with Gasteiger partial charge in [-0.15, -0.1) is 0 Å². The second-order valence-electron chi connectivity index (χ2n) is 5.05. The van der Waals surface area contributed by atoms with Gasteiger partial charge in [0.15, 0.2) is 12.4 Å². The lowest BCUT2D eigenvalue weighted by atomic mass is 10.2. The number of hydrogen-bond donors (Lipinski definition) is 0. The largest absolute Gasteiger partial charge is 0.477 e. The van der Waals surface area contributed by atoms with Crippen molar-refractivity contribution in [3.05, 3.63) is 58.0 Å². The number of carbonyl (C=O) groups is 2. The highest BCUT2D eigenvalue weighted by molar-refractivity contribution is 5.90. The van der Waals surface area contributed by atoms with Crippen molar-refractivity contribution in [1.82, 2.24) is 4.90 Å². The molecule has 0 aliphatic heterocycles. The van der Waals surface area contributed by atoms with Crippen LogP contribution in [0.5, 0.6) is 5.75 Å². The summed E-state index contributed by atoms with van der Waals surface area (Å²) in [5.74, 6) is -0.669. The normalized spacial score (nSPS) is 10.2. The molecule has 2 aromatic rings. The number of likely N-dealkylation sites (N-methyl/N-ethyl adjacent to an activating group) is 1. The molecule has 9 nitrogen and oxygen atoms in total. The molecule has 0 N–H and O–H groups in total. The van der Waals surface area contributed by atoms with E-state index in [1.165, 1.54) is 30.4 Å². The Bertz CT molecular complexity index is 771. The molecule has 0 bridgehead atoms. The minimum atomic E-state index is -0.666. The van der Waals surface area contributed by atoms with Crippen molar-refractivity contribution >= 4 is 17.6 Å². The molecule has 2 rings (SSSR count). The number of nitrogens with zero attached hydrogens (tertiary/aromatic N) is 2. The molecule has 9 heteroatoms. The Kier molecular flexibility index (Phi) is 5.72. The van der Waals surface area contributed by atoms with E-state index in [0.29, 0.717) is 5.76 Å². The van der Waals surface area contributed by atoms with E-state index in [-0.39, 0.29) is 23.5 Å². The summed E-state index contributed by atoms with van der Waals surface area (Å²) in [5.41, 5.74) is -0.270. The number of esters is 1. The van der Waals surface area contributed by atoms with E-state index in [0.717, 1.165) is 6.07 Å². The maximum atomic E-state index is 12.1. The van der Waals surface area contributed by atoms with Crippen molar-refractivity contribution in [3.63, 3.8) is 0 Å². The third-order valence-corrected chi connectivity index (χ3v) is 3.33. The Labute approximate surface area is 142 Å². The van der Waals surface area contributed by atoms with Crippen LogP contribution in [0, 0.1) is 10.1 Å². The smallest absolute Gasteiger partial charge is 0.337 e. The lowest BCUT2D eigenvalue weighted by molar-refractivity contribution is -0.385. The fourth-order valence-corrected chi connectivity index (χ4v) is 2.00. The van der Waals surface area contributed by atoms with Crippen LogP contribution in [-0.4, -0.2) is 42.5 Å². The zero-order valence-corrected chi connectivity index (χ0v) is 13.6. The van der Waals surface area contributed by atoms with Crippen molar-refractivity contribution in [1.29, 1.82) is 0 Å². The van der Waals surface area contributed by atoms with Crippen LogP contribution in [0.15, 0.2) is 41.0 Å². The van der Waals surface area contributed by atoms with Crippen LogP contribution in [0.1, 0.15) is 16.1 Å². The standard InChI is InChI=1S/C16H16N2O7/c1-17(9-12-4-3-7-24-12)15(19)10-25-14-8-11(16(20)23-2)5-6-13(14)18(21)22/h3-8H,9-10H2,1-2H3. The Morgan fingerprint density at radius 1 is 1.32 bits per heavy atom. The van der Waals surface area contributed by atoms with Gasteiger partial charge in [0.1, 0.15) is 5.76 Å². The molecule has 132 valence electrons. The van der Waals surface area contributed by atoms with Crippen molar-refractivity contribution in [2.45, 2.75) is 6.54 Å². The maximum absolute atomic E-state index is 12.1. The summed E-state index contributed by atoms with van der Waals surface area (Å²) in [5, 5.41) is 11.1. The van der Waals surface area contributed by atoms with E-state index in [9.17, 15) is 19.7 Å². The van der Waals surface area contributed by atoms with E-state index in [1.54, 1.807) is 19.2 Å². The third kappa shape index (κ3) is 4.56. The molecule has 25 heavy (non-hydrogen) atoms. The molecule has 1 amide bonds. The van der Waals surface area contributed by atoms with Gasteiger partial charge in [-0.25, -0.2) is 4.79 Å². The molecule has 0 spiro atoms. The summed E-state index contributed by atoms with van der Waals surface area (Å²) in [6, 6.07) is 6.96. The van der Waals surface area contributed by atoms with E-state index in [2.05, 4.69) is 4.74 Å². The van der Waals surface area contributed by atoms with Crippen LogP contribution in [0.3, 0.4) is 0 Å². The molecular formula is C16H16N2O7. The van der Waals surface area contributed by atoms with E-state index < -0.39 is 23.4 Å². The Balaban J connectivity index is 2.08. The first-order valence-electron chi connectivity index (χ1n) is 7.18. The first-order chi connectivity index (χ1) is 11.9. The third-order valence-electron chi connectivity index (χ3n) is 3.33. The summed E-state index contributed by atoms with van der Waals surface area (Å²) >= 11 is 0. The van der Waals surface area contributed by atoms with Gasteiger partial charge in [0.05, 0.1) is 30.4 Å². The molecule has 1 aromatic heterocycles. The summed E-state index contributed by atoms with van der Waals surface area (Å²) in [7, 11) is 2.74. The molecule has 0 aliphatic rings. The van der Waals surface area contributed by atoms with Crippen molar-refractivity contribution in [2.75, 3.05) is 20.8 Å². The SMILES string of the molecule is COC(=O)c1ccc([N+](=O)[O-])c(OCC(=O)N(C)Cc2ccco2)c1. The number of ether oxygens (including phenoxy) is 2. The Hall–Kier alpha value is -3.36. The van der Waals surface area contributed by atoms with E-state index in [1.807, 2.05) is 0 Å². The zero-order valence-electron chi connectivity index (χ0n) is 13.6. The van der Waals surface area contributed by atoms with Crippen molar-refractivity contribution in [3.8, 4) is 5.75 Å². The molecule has 0 saturated heterocycles. The number of methoxy groups -OCH3 is 1. The highest BCUT2D eigenvalue weighted by atomic mass is 16.6. The monoisotopic (exact) mass is 348 g/mol. The number of benzene rings is 1. The molecule has 0 unspecified atom stereocenters. The van der Waals surface area contributed by atoms with Crippen LogP contribution in [-0.2, 0) is 16.1 Å². The summed E-state index contributed by atoms with van der Waals surface area (Å²) < 4.78 is 15.0. The average molecular weight is 348 g/mol. The predicted molar refractivity (Wildman–Crippen MR) is 85.1 cm³/mol. The molecule has 0 saturated carbocycles. The average Bonchev–Trinajstić information content (AvgIpc) is 3.11. The molecule has 0 atom stereocenters. The van der Waals surface area contributed by atoms with Gasteiger partial charge in [0.2, 0.25) is 0 Å². The topological polar surface area (TPSA) is 112 Å². The predicted octanol–water partition coefficient (Wildman–Crippen LogP) is 2.01. The van der Waals surface area contributed by atoms with Crippen LogP contribution in [0.4, 0.5) is 5.69 Å². The highest BCUT2D eigenvalue weighted by Gasteiger charge is 2.20. The lowest BCUT2D eigenvalue weighted by Crippen LogP contribution is -2.30. The van der Waals surface area contributed by atoms with Gasteiger partial charge in [-0.3, -0.25) is 14.9 Å². The van der Waals surface area contributed by atoms with E-state index in [4.69, 9.17) is 9.15 Å². The van der Waals surface area contributed by atoms with E-state index >= 15 is 0 Å². The quantitative estimate of drug-likeness (QED) is 0.427. The number of hydrogen-bond acceptors (Lipinski definition) is 7. The van der Waals surface area contributed by atoms with Gasteiger partial charge in [0.25, 0.3) is 5.91 Å². The highest BCUT2D eigenvalue weighted by Crippen LogP contribution is 2.28. The van der Waals surface area contributed by atoms with Gasteiger partial charge < -0.3 is 18.8 Å². The van der Waals surface area contributed by atoms with Crippen LogP contribution in [0.25, 0.3) is 0 Å². The van der Waals surface area contributed by atoms with Crippen molar-refractivity contribution in [2.24, 2.45) is 0 Å². The number of furan rings is 1. The minimum Gasteiger partial charge on any atom is -0.477 e. The first kappa shape index (κ1) is 18.0. The molecule has 1 heterocycles. The van der Waals surface area contributed by atoms with Gasteiger partial charge in [-0.1, -0.05) is 0 Å². The molecular weight excluding hydrogens is 332 g/mol. The van der Waals surface area contributed by atoms with Gasteiger partial charge in [-0.05, 0) is 18.2 Å². The number of nitro groups is 1.